The van der Waals surface area contributed by atoms with Gasteiger partial charge in [-0.3, -0.25) is 0 Å². The molecule has 4 rings (SSSR count). The molecule has 5 nitrogen and oxygen atoms in total. The van der Waals surface area contributed by atoms with Crippen LogP contribution >= 0.6 is 15.9 Å². The lowest BCUT2D eigenvalue weighted by molar-refractivity contribution is 0.203. The lowest BCUT2D eigenvalue weighted by Gasteiger charge is -2.41. The SMILES string of the molecule is CCC1=C2c3cc(Br)ccc3N=C(N3CCN(C)CC3)N2N=C(C)C1. The average Bonchev–Trinajstić information content (AvgIpc) is 2.61. The number of hydrogen-bond donors (Lipinski definition) is 0. The van der Waals surface area contributed by atoms with Gasteiger partial charge in [-0.15, -0.1) is 0 Å². The van der Waals surface area contributed by atoms with Crippen LogP contribution < -0.4 is 0 Å². The van der Waals surface area contributed by atoms with E-state index in [1.54, 1.807) is 0 Å². The van der Waals surface area contributed by atoms with E-state index in [1.807, 2.05) is 0 Å². The maximum Gasteiger partial charge on any atom is 0.227 e. The van der Waals surface area contributed by atoms with Crippen molar-refractivity contribution >= 4 is 39.0 Å². The van der Waals surface area contributed by atoms with Gasteiger partial charge in [0.05, 0.1) is 11.4 Å². The number of fused-ring (bicyclic) bond motifs is 3. The van der Waals surface area contributed by atoms with Crippen molar-refractivity contribution in [3.05, 3.63) is 33.8 Å². The summed E-state index contributed by atoms with van der Waals surface area (Å²) in [6.07, 6.45) is 1.98. The molecule has 1 fully saturated rings. The van der Waals surface area contributed by atoms with Crippen molar-refractivity contribution in [2.75, 3.05) is 33.2 Å². The number of rotatable bonds is 1. The molecular weight excluding hydrogens is 378 g/mol. The fourth-order valence-electron chi connectivity index (χ4n) is 3.70. The highest BCUT2D eigenvalue weighted by Crippen LogP contribution is 2.41. The van der Waals surface area contributed by atoms with E-state index in [1.165, 1.54) is 16.8 Å². The molecule has 1 aromatic carbocycles. The van der Waals surface area contributed by atoms with Gasteiger partial charge >= 0.3 is 0 Å². The predicted molar refractivity (Wildman–Crippen MR) is 107 cm³/mol. The second kappa shape index (κ2) is 6.57. The highest BCUT2D eigenvalue weighted by Gasteiger charge is 2.34. The third-order valence-electron chi connectivity index (χ3n) is 5.12. The number of aliphatic imine (C=N–C) groups is 1. The van der Waals surface area contributed by atoms with Gasteiger partial charge in [-0.25, -0.2) is 4.99 Å². The Morgan fingerprint density at radius 2 is 1.92 bits per heavy atom. The van der Waals surface area contributed by atoms with E-state index in [0.717, 1.165) is 60.9 Å². The summed E-state index contributed by atoms with van der Waals surface area (Å²) in [5.74, 6) is 0.975. The first-order valence-corrected chi connectivity index (χ1v) is 9.74. The van der Waals surface area contributed by atoms with Gasteiger partial charge in [-0.2, -0.15) is 10.1 Å². The topological polar surface area (TPSA) is 34.4 Å². The maximum atomic E-state index is 5.01. The van der Waals surface area contributed by atoms with E-state index in [-0.39, 0.29) is 0 Å². The molecule has 1 saturated heterocycles. The Hall–Kier alpha value is -1.66. The second-order valence-corrected chi connectivity index (χ2v) is 7.91. The zero-order chi connectivity index (χ0) is 17.6. The van der Waals surface area contributed by atoms with E-state index in [0.29, 0.717) is 0 Å². The van der Waals surface area contributed by atoms with Crippen LogP contribution in [0.15, 0.2) is 38.3 Å². The highest BCUT2D eigenvalue weighted by molar-refractivity contribution is 9.10. The Morgan fingerprint density at radius 1 is 1.16 bits per heavy atom. The van der Waals surface area contributed by atoms with Crippen molar-refractivity contribution in [1.29, 1.82) is 0 Å². The number of halogens is 1. The molecule has 3 aliphatic rings. The molecular formula is C19H24BrN5. The number of hydrogen-bond acceptors (Lipinski definition) is 5. The van der Waals surface area contributed by atoms with Crippen molar-refractivity contribution in [3.8, 4) is 0 Å². The molecule has 0 spiro atoms. The highest BCUT2D eigenvalue weighted by atomic mass is 79.9. The van der Waals surface area contributed by atoms with Crippen LogP contribution in [0.3, 0.4) is 0 Å². The van der Waals surface area contributed by atoms with Crippen LogP contribution in [0.25, 0.3) is 5.70 Å². The smallest absolute Gasteiger partial charge is 0.227 e. The number of nitrogens with zero attached hydrogens (tertiary/aromatic N) is 5. The van der Waals surface area contributed by atoms with Crippen LogP contribution in [0.1, 0.15) is 32.3 Å². The van der Waals surface area contributed by atoms with Gasteiger partial charge in [0.2, 0.25) is 5.96 Å². The number of guanidine groups is 1. The fourth-order valence-corrected chi connectivity index (χ4v) is 4.06. The summed E-state index contributed by atoms with van der Waals surface area (Å²) in [4.78, 5) is 9.75. The molecule has 0 radical (unpaired) electrons. The number of piperazine rings is 1. The molecule has 0 saturated carbocycles. The zero-order valence-electron chi connectivity index (χ0n) is 15.1. The Bertz CT molecular complexity index is 787. The van der Waals surface area contributed by atoms with Crippen molar-refractivity contribution in [3.63, 3.8) is 0 Å². The van der Waals surface area contributed by atoms with E-state index in [2.05, 4.69) is 69.8 Å². The number of likely N-dealkylation sites (N-methyl/N-ethyl adjacent to an activating group) is 1. The normalized spacial score (nSPS) is 21.0. The Labute approximate surface area is 157 Å². The Morgan fingerprint density at radius 3 is 2.64 bits per heavy atom. The molecule has 0 aromatic heterocycles. The first kappa shape index (κ1) is 16.8. The third kappa shape index (κ3) is 3.02. The second-order valence-electron chi connectivity index (χ2n) is 6.99. The minimum atomic E-state index is 0.949. The monoisotopic (exact) mass is 401 g/mol. The van der Waals surface area contributed by atoms with Gasteiger partial charge < -0.3 is 9.80 Å². The van der Waals surface area contributed by atoms with E-state index < -0.39 is 0 Å². The molecule has 0 unspecified atom stereocenters. The first-order valence-electron chi connectivity index (χ1n) is 8.95. The molecule has 0 amide bonds. The molecule has 0 N–H and O–H groups in total. The van der Waals surface area contributed by atoms with Crippen LogP contribution in [0.5, 0.6) is 0 Å². The summed E-state index contributed by atoms with van der Waals surface area (Å²) in [7, 11) is 2.18. The molecule has 0 bridgehead atoms. The van der Waals surface area contributed by atoms with Crippen LogP contribution in [-0.4, -0.2) is 59.7 Å². The minimum Gasteiger partial charge on any atom is -0.338 e. The first-order chi connectivity index (χ1) is 12.1. The molecule has 0 aliphatic carbocycles. The number of allylic oxidation sites excluding steroid dienone is 1. The molecule has 0 atom stereocenters. The summed E-state index contributed by atoms with van der Waals surface area (Å²) in [6, 6.07) is 6.36. The van der Waals surface area contributed by atoms with E-state index >= 15 is 0 Å². The Kier molecular flexibility index (Phi) is 4.41. The maximum absolute atomic E-state index is 5.01. The van der Waals surface area contributed by atoms with Crippen molar-refractivity contribution in [1.82, 2.24) is 14.8 Å². The van der Waals surface area contributed by atoms with Crippen LogP contribution in [-0.2, 0) is 0 Å². The van der Waals surface area contributed by atoms with Gasteiger partial charge in [0.15, 0.2) is 0 Å². The van der Waals surface area contributed by atoms with Crippen LogP contribution in [0.2, 0.25) is 0 Å². The van der Waals surface area contributed by atoms with Gasteiger partial charge in [-0.05, 0) is 44.2 Å². The Balaban J connectivity index is 1.85. The average molecular weight is 402 g/mol. The van der Waals surface area contributed by atoms with E-state index in [9.17, 15) is 0 Å². The molecule has 6 heteroatoms. The van der Waals surface area contributed by atoms with Crippen molar-refractivity contribution in [2.45, 2.75) is 26.7 Å². The quantitative estimate of drug-likeness (QED) is 0.715. The summed E-state index contributed by atoms with van der Waals surface area (Å²) >= 11 is 3.62. The van der Waals surface area contributed by atoms with Gasteiger partial charge in [0.1, 0.15) is 0 Å². The molecule has 25 heavy (non-hydrogen) atoms. The zero-order valence-corrected chi connectivity index (χ0v) is 16.7. The lowest BCUT2D eigenvalue weighted by Crippen LogP contribution is -2.52. The predicted octanol–water partition coefficient (Wildman–Crippen LogP) is 3.90. The number of benzene rings is 1. The largest absolute Gasteiger partial charge is 0.338 e. The summed E-state index contributed by atoms with van der Waals surface area (Å²) in [5, 5.41) is 6.99. The molecule has 3 heterocycles. The van der Waals surface area contributed by atoms with E-state index in [4.69, 9.17) is 10.1 Å². The van der Waals surface area contributed by atoms with Gasteiger partial charge in [0, 0.05) is 48.3 Å². The van der Waals surface area contributed by atoms with Crippen LogP contribution in [0, 0.1) is 0 Å². The van der Waals surface area contributed by atoms with Crippen molar-refractivity contribution < 1.29 is 0 Å². The minimum absolute atomic E-state index is 0.949. The lowest BCUT2D eigenvalue weighted by atomic mass is 9.96. The molecule has 132 valence electrons. The number of hydrazone groups is 1. The van der Waals surface area contributed by atoms with Crippen LogP contribution in [0.4, 0.5) is 5.69 Å². The fraction of sp³-hybridized carbons (Fsp3) is 0.474. The third-order valence-corrected chi connectivity index (χ3v) is 5.62. The summed E-state index contributed by atoms with van der Waals surface area (Å²) in [6.45, 7) is 8.44. The van der Waals surface area contributed by atoms with Gasteiger partial charge in [-0.1, -0.05) is 22.9 Å². The molecule has 1 aromatic rings. The summed E-state index contributed by atoms with van der Waals surface area (Å²) in [5.41, 5.74) is 6.05. The molecule has 3 aliphatic heterocycles. The standard InChI is InChI=1S/C19H24BrN5/c1-4-14-11-13(2)22-25-18(14)16-12-15(20)5-6-17(16)21-19(25)24-9-7-23(3)8-10-24/h5-6,12H,4,7-11H2,1-3H3. The van der Waals surface area contributed by atoms with Gasteiger partial charge in [0.25, 0.3) is 0 Å². The van der Waals surface area contributed by atoms with Crippen molar-refractivity contribution in [2.24, 2.45) is 10.1 Å². The summed E-state index contributed by atoms with van der Waals surface area (Å²) < 4.78 is 1.08.